The van der Waals surface area contributed by atoms with E-state index in [-0.39, 0.29) is 22.7 Å². The molecule has 0 unspecified atom stereocenters. The number of aromatic amines is 1. The van der Waals surface area contributed by atoms with Crippen LogP contribution in [-0.4, -0.2) is 32.2 Å². The number of halogens is 1. The maximum atomic E-state index is 12.8. The Morgan fingerprint density at radius 1 is 1.09 bits per heavy atom. The van der Waals surface area contributed by atoms with Gasteiger partial charge in [0.15, 0.2) is 10.9 Å². The number of amides is 2. The van der Waals surface area contributed by atoms with Gasteiger partial charge in [-0.3, -0.25) is 19.4 Å². The molecule has 10 heteroatoms. The molecule has 3 N–H and O–H groups in total. The lowest BCUT2D eigenvalue weighted by molar-refractivity contribution is -0.115. The minimum Gasteiger partial charge on any atom is -0.325 e. The van der Waals surface area contributed by atoms with Crippen molar-refractivity contribution >= 4 is 46.6 Å². The molecule has 0 aliphatic rings. The molecule has 1 heterocycles. The lowest BCUT2D eigenvalue weighted by atomic mass is 10.0. The van der Waals surface area contributed by atoms with E-state index in [1.165, 1.54) is 6.92 Å². The van der Waals surface area contributed by atoms with E-state index in [0.717, 1.165) is 22.9 Å². The van der Waals surface area contributed by atoms with Crippen molar-refractivity contribution in [2.45, 2.75) is 38.1 Å². The number of nitrogens with zero attached hydrogens (tertiary/aromatic N) is 2. The molecule has 1 atom stereocenters. The number of nitrogens with one attached hydrogen (secondary N) is 3. The van der Waals surface area contributed by atoms with Crippen LogP contribution >= 0.6 is 23.4 Å². The largest absolute Gasteiger partial charge is 0.325 e. The molecule has 0 fully saturated rings. The molecule has 0 aliphatic carbocycles. The molecule has 166 valence electrons. The van der Waals surface area contributed by atoms with Crippen LogP contribution in [0, 0.1) is 13.8 Å². The zero-order valence-corrected chi connectivity index (χ0v) is 19.5. The monoisotopic (exact) mass is 471 g/mol. The Balaban J connectivity index is 1.81. The van der Waals surface area contributed by atoms with Gasteiger partial charge in [0.2, 0.25) is 11.8 Å². The summed E-state index contributed by atoms with van der Waals surface area (Å²) in [7, 11) is 0. The first-order valence-electron chi connectivity index (χ1n) is 9.73. The average molecular weight is 472 g/mol. The summed E-state index contributed by atoms with van der Waals surface area (Å²) < 4.78 is 0. The summed E-state index contributed by atoms with van der Waals surface area (Å²) in [5.41, 5.74) is 2.95. The molecule has 0 bridgehead atoms. The number of carbonyl (C=O) groups excluding carboxylic acids is 2. The van der Waals surface area contributed by atoms with Crippen molar-refractivity contribution in [3.63, 3.8) is 0 Å². The molecule has 2 aromatic carbocycles. The molecule has 3 aromatic rings. The van der Waals surface area contributed by atoms with Crippen molar-refractivity contribution < 1.29 is 9.59 Å². The van der Waals surface area contributed by atoms with Crippen LogP contribution in [0.2, 0.25) is 5.02 Å². The van der Waals surface area contributed by atoms with Gasteiger partial charge in [0.05, 0.1) is 10.9 Å². The van der Waals surface area contributed by atoms with Gasteiger partial charge in [0, 0.05) is 23.2 Å². The van der Waals surface area contributed by atoms with Crippen molar-refractivity contribution in [3.8, 4) is 11.3 Å². The standard InChI is InChI=1S/C22H22ClN5O3S/c1-11-9-12(2)18(24-14(4)29)17(10-11)19-21(31)26-22(28-27-19)32-13(3)20(30)25-16-7-5-15(23)6-8-16/h5-10,13H,1-4H3,(H,24,29)(H,25,30)(H,26,28,31)/t13-/m0/s1. The fourth-order valence-electron chi connectivity index (χ4n) is 3.05. The molecule has 32 heavy (non-hydrogen) atoms. The van der Waals surface area contributed by atoms with E-state index in [2.05, 4.69) is 25.8 Å². The van der Waals surface area contributed by atoms with E-state index in [1.807, 2.05) is 19.9 Å². The molecular formula is C22H22ClN5O3S. The maximum absolute atomic E-state index is 12.8. The number of H-pyrrole nitrogens is 1. The fourth-order valence-corrected chi connectivity index (χ4v) is 3.91. The number of aromatic nitrogens is 3. The number of carbonyl (C=O) groups is 2. The highest BCUT2D eigenvalue weighted by molar-refractivity contribution is 8.00. The first kappa shape index (κ1) is 23.5. The van der Waals surface area contributed by atoms with Gasteiger partial charge in [0.1, 0.15) is 0 Å². The molecule has 0 spiro atoms. The van der Waals surface area contributed by atoms with Gasteiger partial charge in [-0.2, -0.15) is 0 Å². The van der Waals surface area contributed by atoms with E-state index in [4.69, 9.17) is 11.6 Å². The third-order valence-corrected chi connectivity index (χ3v) is 5.71. The lowest BCUT2D eigenvalue weighted by Gasteiger charge is -2.14. The zero-order chi connectivity index (χ0) is 23.4. The third-order valence-electron chi connectivity index (χ3n) is 4.48. The summed E-state index contributed by atoms with van der Waals surface area (Å²) in [6, 6.07) is 10.4. The van der Waals surface area contributed by atoms with Crippen molar-refractivity contribution in [1.29, 1.82) is 0 Å². The number of anilines is 2. The Bertz CT molecular complexity index is 1230. The number of thioether (sulfide) groups is 1. The Labute approximate surface area is 194 Å². The van der Waals surface area contributed by atoms with Crippen molar-refractivity contribution in [1.82, 2.24) is 15.2 Å². The van der Waals surface area contributed by atoms with Gasteiger partial charge in [-0.1, -0.05) is 35.0 Å². The van der Waals surface area contributed by atoms with Crippen LogP contribution in [-0.2, 0) is 9.59 Å². The molecule has 2 amide bonds. The molecule has 0 saturated carbocycles. The minimum absolute atomic E-state index is 0.0863. The van der Waals surface area contributed by atoms with Gasteiger partial charge in [-0.15, -0.1) is 10.2 Å². The van der Waals surface area contributed by atoms with E-state index in [1.54, 1.807) is 37.3 Å². The highest BCUT2D eigenvalue weighted by Crippen LogP contribution is 2.30. The number of benzene rings is 2. The second-order valence-electron chi connectivity index (χ2n) is 7.25. The van der Waals surface area contributed by atoms with E-state index < -0.39 is 10.8 Å². The first-order chi connectivity index (χ1) is 15.1. The molecule has 0 aliphatic heterocycles. The van der Waals surface area contributed by atoms with Crippen LogP contribution in [0.5, 0.6) is 0 Å². The molecule has 3 rings (SSSR count). The summed E-state index contributed by atoms with van der Waals surface area (Å²) >= 11 is 6.93. The first-order valence-corrected chi connectivity index (χ1v) is 11.0. The summed E-state index contributed by atoms with van der Waals surface area (Å²) in [5.74, 6) is -0.512. The molecule has 8 nitrogen and oxygen atoms in total. The lowest BCUT2D eigenvalue weighted by Crippen LogP contribution is -2.23. The van der Waals surface area contributed by atoms with Gasteiger partial charge < -0.3 is 10.6 Å². The van der Waals surface area contributed by atoms with Crippen LogP contribution in [0.15, 0.2) is 46.3 Å². The van der Waals surface area contributed by atoms with Crippen molar-refractivity contribution in [3.05, 3.63) is 62.9 Å². The molecule has 1 aromatic heterocycles. The second kappa shape index (κ2) is 9.97. The fraction of sp³-hybridized carbons (Fsp3) is 0.227. The minimum atomic E-state index is -0.544. The Morgan fingerprint density at radius 3 is 2.41 bits per heavy atom. The van der Waals surface area contributed by atoms with Crippen LogP contribution in [0.4, 0.5) is 11.4 Å². The molecular weight excluding hydrogens is 450 g/mol. The third kappa shape index (κ3) is 5.74. The summed E-state index contributed by atoms with van der Waals surface area (Å²) in [4.78, 5) is 39.5. The van der Waals surface area contributed by atoms with Crippen LogP contribution < -0.4 is 16.2 Å². The number of hydrogen-bond donors (Lipinski definition) is 3. The Kier molecular flexibility index (Phi) is 7.32. The van der Waals surface area contributed by atoms with Crippen LogP contribution in [0.25, 0.3) is 11.3 Å². The van der Waals surface area contributed by atoms with E-state index >= 15 is 0 Å². The average Bonchev–Trinajstić information content (AvgIpc) is 2.71. The van der Waals surface area contributed by atoms with Crippen molar-refractivity contribution in [2.75, 3.05) is 10.6 Å². The van der Waals surface area contributed by atoms with Crippen LogP contribution in [0.1, 0.15) is 25.0 Å². The molecule has 0 saturated heterocycles. The molecule has 0 radical (unpaired) electrons. The van der Waals surface area contributed by atoms with Gasteiger partial charge in [-0.05, 0) is 56.7 Å². The summed E-state index contributed by atoms with van der Waals surface area (Å²) in [6.07, 6.45) is 0. The SMILES string of the molecule is CC(=O)Nc1c(C)cc(C)cc1-c1nnc(S[C@@H](C)C(=O)Nc2ccc(Cl)cc2)[nH]c1=O. The Morgan fingerprint density at radius 2 is 1.78 bits per heavy atom. The number of rotatable bonds is 6. The predicted octanol–water partition coefficient (Wildman–Crippen LogP) is 4.18. The Hall–Kier alpha value is -3.17. The van der Waals surface area contributed by atoms with Gasteiger partial charge in [-0.25, -0.2) is 0 Å². The summed E-state index contributed by atoms with van der Waals surface area (Å²) in [6.45, 7) is 6.83. The maximum Gasteiger partial charge on any atom is 0.278 e. The number of aryl methyl sites for hydroxylation is 2. The number of hydrogen-bond acceptors (Lipinski definition) is 6. The smallest absolute Gasteiger partial charge is 0.278 e. The normalized spacial score (nSPS) is 11.7. The highest BCUT2D eigenvalue weighted by Gasteiger charge is 2.19. The second-order valence-corrected chi connectivity index (χ2v) is 9.02. The van der Waals surface area contributed by atoms with Gasteiger partial charge >= 0.3 is 0 Å². The van der Waals surface area contributed by atoms with Crippen LogP contribution in [0.3, 0.4) is 0 Å². The van der Waals surface area contributed by atoms with E-state index in [0.29, 0.717) is 22.0 Å². The zero-order valence-electron chi connectivity index (χ0n) is 17.9. The topological polar surface area (TPSA) is 117 Å². The van der Waals surface area contributed by atoms with Gasteiger partial charge in [0.25, 0.3) is 5.56 Å². The summed E-state index contributed by atoms with van der Waals surface area (Å²) in [5, 5.41) is 14.0. The highest BCUT2D eigenvalue weighted by atomic mass is 35.5. The quantitative estimate of drug-likeness (QED) is 0.464. The van der Waals surface area contributed by atoms with E-state index in [9.17, 15) is 14.4 Å². The van der Waals surface area contributed by atoms with Crippen molar-refractivity contribution in [2.24, 2.45) is 0 Å². The predicted molar refractivity (Wildman–Crippen MR) is 127 cm³/mol.